The van der Waals surface area contributed by atoms with Gasteiger partial charge in [0, 0.05) is 30.5 Å². The number of anilines is 1. The van der Waals surface area contributed by atoms with E-state index in [4.69, 9.17) is 9.47 Å². The van der Waals surface area contributed by atoms with Gasteiger partial charge in [0.15, 0.2) is 5.16 Å². The van der Waals surface area contributed by atoms with Crippen LogP contribution in [0.1, 0.15) is 12.5 Å². The second-order valence-corrected chi connectivity index (χ2v) is 6.21. The minimum atomic E-state index is -0.206. The molecule has 0 bridgehead atoms. The van der Waals surface area contributed by atoms with Crippen LogP contribution >= 0.6 is 11.8 Å². The fourth-order valence-electron chi connectivity index (χ4n) is 2.57. The predicted octanol–water partition coefficient (Wildman–Crippen LogP) is 1.94. The SMILES string of the molecule is COc1ccc(OC)c(NC(=O)C[C@@H]2CSc3nccc(=O)n32)c1. The van der Waals surface area contributed by atoms with Gasteiger partial charge in [0.1, 0.15) is 11.5 Å². The highest BCUT2D eigenvalue weighted by Crippen LogP contribution is 2.33. The van der Waals surface area contributed by atoms with Crippen LogP contribution in [0.2, 0.25) is 0 Å². The summed E-state index contributed by atoms with van der Waals surface area (Å²) >= 11 is 1.48. The van der Waals surface area contributed by atoms with Gasteiger partial charge in [-0.25, -0.2) is 4.98 Å². The molecule has 2 heterocycles. The smallest absolute Gasteiger partial charge is 0.254 e. The van der Waals surface area contributed by atoms with E-state index in [1.807, 2.05) is 0 Å². The first kappa shape index (κ1) is 16.4. The maximum atomic E-state index is 12.4. The van der Waals surface area contributed by atoms with Crippen molar-refractivity contribution < 1.29 is 14.3 Å². The van der Waals surface area contributed by atoms with Crippen LogP contribution in [0, 0.1) is 0 Å². The highest BCUT2D eigenvalue weighted by atomic mass is 32.2. The molecule has 1 aliphatic heterocycles. The van der Waals surface area contributed by atoms with Crippen LogP contribution in [-0.4, -0.2) is 35.4 Å². The molecule has 7 nitrogen and oxygen atoms in total. The lowest BCUT2D eigenvalue weighted by atomic mass is 10.2. The zero-order chi connectivity index (χ0) is 17.1. The molecule has 0 spiro atoms. The van der Waals surface area contributed by atoms with Gasteiger partial charge in [-0.2, -0.15) is 0 Å². The van der Waals surface area contributed by atoms with Crippen LogP contribution in [0.3, 0.4) is 0 Å². The Labute approximate surface area is 143 Å². The van der Waals surface area contributed by atoms with Crippen molar-refractivity contribution in [1.29, 1.82) is 0 Å². The summed E-state index contributed by atoms with van der Waals surface area (Å²) < 4.78 is 12.0. The van der Waals surface area contributed by atoms with Crippen LogP contribution < -0.4 is 20.3 Å². The van der Waals surface area contributed by atoms with Gasteiger partial charge in [0.25, 0.3) is 5.56 Å². The Hall–Kier alpha value is -2.48. The Kier molecular flexibility index (Phi) is 4.75. The Balaban J connectivity index is 1.75. The van der Waals surface area contributed by atoms with Crippen LogP contribution in [0.4, 0.5) is 5.69 Å². The van der Waals surface area contributed by atoms with Gasteiger partial charge in [-0.3, -0.25) is 14.2 Å². The minimum Gasteiger partial charge on any atom is -0.497 e. The number of hydrogen-bond acceptors (Lipinski definition) is 6. The molecule has 0 radical (unpaired) electrons. The molecule has 24 heavy (non-hydrogen) atoms. The Morgan fingerprint density at radius 1 is 1.38 bits per heavy atom. The van der Waals surface area contributed by atoms with Gasteiger partial charge in [0.05, 0.1) is 25.9 Å². The largest absolute Gasteiger partial charge is 0.497 e. The molecular weight excluding hydrogens is 330 g/mol. The highest BCUT2D eigenvalue weighted by molar-refractivity contribution is 7.99. The maximum Gasteiger partial charge on any atom is 0.254 e. The summed E-state index contributed by atoms with van der Waals surface area (Å²) in [5, 5.41) is 3.48. The Morgan fingerprint density at radius 2 is 2.21 bits per heavy atom. The molecule has 126 valence electrons. The molecule has 3 rings (SSSR count). The summed E-state index contributed by atoms with van der Waals surface area (Å²) in [6, 6.07) is 6.38. The van der Waals surface area contributed by atoms with Crippen LogP contribution in [-0.2, 0) is 4.79 Å². The molecule has 0 unspecified atom stereocenters. The number of fused-ring (bicyclic) bond motifs is 1. The third-order valence-corrected chi connectivity index (χ3v) is 4.83. The van der Waals surface area contributed by atoms with E-state index in [0.717, 1.165) is 0 Å². The quantitative estimate of drug-likeness (QED) is 0.833. The van der Waals surface area contributed by atoms with E-state index in [0.29, 0.717) is 28.1 Å². The first-order valence-electron chi connectivity index (χ1n) is 7.34. The molecule has 1 aromatic carbocycles. The number of methoxy groups -OCH3 is 2. The number of aromatic nitrogens is 2. The van der Waals surface area contributed by atoms with Crippen molar-refractivity contribution in [1.82, 2.24) is 9.55 Å². The molecule has 1 aromatic heterocycles. The van der Waals surface area contributed by atoms with Crippen molar-refractivity contribution >= 4 is 23.4 Å². The van der Waals surface area contributed by atoms with Gasteiger partial charge in [0.2, 0.25) is 5.91 Å². The molecule has 8 heteroatoms. The second-order valence-electron chi connectivity index (χ2n) is 5.22. The van der Waals surface area contributed by atoms with E-state index in [9.17, 15) is 9.59 Å². The molecule has 1 aliphatic rings. The van der Waals surface area contributed by atoms with E-state index in [1.54, 1.807) is 29.9 Å². The van der Waals surface area contributed by atoms with Crippen LogP contribution in [0.5, 0.6) is 11.5 Å². The standard InChI is InChI=1S/C16H17N3O4S/c1-22-11-3-4-13(23-2)12(8-11)18-14(20)7-10-9-24-16-17-6-5-15(21)19(10)16/h3-6,8,10H,7,9H2,1-2H3,(H,18,20)/t10-/m1/s1. The van der Waals surface area contributed by atoms with Crippen LogP contribution in [0.25, 0.3) is 0 Å². The third kappa shape index (κ3) is 3.23. The lowest BCUT2D eigenvalue weighted by Crippen LogP contribution is -2.26. The lowest BCUT2D eigenvalue weighted by molar-refractivity contribution is -0.116. The van der Waals surface area contributed by atoms with Crippen LogP contribution in [0.15, 0.2) is 40.4 Å². The van der Waals surface area contributed by atoms with Crippen molar-refractivity contribution in [3.8, 4) is 11.5 Å². The fourth-order valence-corrected chi connectivity index (χ4v) is 3.69. The highest BCUT2D eigenvalue weighted by Gasteiger charge is 2.27. The fraction of sp³-hybridized carbons (Fsp3) is 0.312. The zero-order valence-electron chi connectivity index (χ0n) is 13.3. The number of nitrogens with one attached hydrogen (secondary N) is 1. The van der Waals surface area contributed by atoms with E-state index in [1.165, 1.54) is 31.1 Å². The molecule has 2 aromatic rings. The van der Waals surface area contributed by atoms with Crippen molar-refractivity contribution in [2.75, 3.05) is 25.3 Å². The number of ether oxygens (including phenoxy) is 2. The molecule has 0 saturated heterocycles. The number of thioether (sulfide) groups is 1. The monoisotopic (exact) mass is 347 g/mol. The predicted molar refractivity (Wildman–Crippen MR) is 91.1 cm³/mol. The number of rotatable bonds is 5. The van der Waals surface area contributed by atoms with E-state index in [2.05, 4.69) is 10.3 Å². The number of amides is 1. The van der Waals surface area contributed by atoms with E-state index >= 15 is 0 Å². The van der Waals surface area contributed by atoms with Gasteiger partial charge in [-0.15, -0.1) is 0 Å². The van der Waals surface area contributed by atoms with Crippen molar-refractivity contribution in [3.05, 3.63) is 40.8 Å². The van der Waals surface area contributed by atoms with Crippen molar-refractivity contribution in [2.45, 2.75) is 17.6 Å². The molecule has 0 aliphatic carbocycles. The Bertz CT molecular complexity index is 821. The summed E-state index contributed by atoms with van der Waals surface area (Å²) in [6.07, 6.45) is 1.68. The van der Waals surface area contributed by atoms with E-state index in [-0.39, 0.29) is 23.9 Å². The van der Waals surface area contributed by atoms with Crippen molar-refractivity contribution in [2.24, 2.45) is 0 Å². The summed E-state index contributed by atoms with van der Waals surface area (Å²) in [4.78, 5) is 28.6. The van der Waals surface area contributed by atoms with Gasteiger partial charge in [-0.05, 0) is 12.1 Å². The number of carbonyl (C=O) groups is 1. The lowest BCUT2D eigenvalue weighted by Gasteiger charge is -2.15. The summed E-state index contributed by atoms with van der Waals surface area (Å²) in [5.74, 6) is 1.61. The zero-order valence-corrected chi connectivity index (χ0v) is 14.1. The first-order valence-corrected chi connectivity index (χ1v) is 8.33. The number of carbonyl (C=O) groups excluding carboxylic acids is 1. The molecule has 1 N–H and O–H groups in total. The average molecular weight is 347 g/mol. The summed E-state index contributed by atoms with van der Waals surface area (Å²) in [6.45, 7) is 0. The van der Waals surface area contributed by atoms with Crippen molar-refractivity contribution in [3.63, 3.8) is 0 Å². The topological polar surface area (TPSA) is 82.5 Å². The Morgan fingerprint density at radius 3 is 2.96 bits per heavy atom. The molecular formula is C16H17N3O4S. The minimum absolute atomic E-state index is 0.137. The normalized spacial score (nSPS) is 15.7. The second kappa shape index (κ2) is 6.96. The van der Waals surface area contributed by atoms with E-state index < -0.39 is 0 Å². The number of hydrogen-bond donors (Lipinski definition) is 1. The molecule has 1 atom stereocenters. The summed E-state index contributed by atoms with van der Waals surface area (Å²) in [7, 11) is 3.09. The van der Waals surface area contributed by atoms with Gasteiger partial charge in [-0.1, -0.05) is 11.8 Å². The third-order valence-electron chi connectivity index (χ3n) is 3.72. The summed E-state index contributed by atoms with van der Waals surface area (Å²) in [5.41, 5.74) is 0.396. The molecule has 0 fully saturated rings. The van der Waals surface area contributed by atoms with Gasteiger partial charge >= 0.3 is 0 Å². The first-order chi connectivity index (χ1) is 11.6. The number of benzene rings is 1. The number of nitrogens with zero attached hydrogens (tertiary/aromatic N) is 2. The average Bonchev–Trinajstić information content (AvgIpc) is 2.99. The maximum absolute atomic E-state index is 12.4. The molecule has 0 saturated carbocycles. The van der Waals surface area contributed by atoms with Gasteiger partial charge < -0.3 is 14.8 Å². The molecule has 1 amide bonds.